The molecule has 2 heterocycles. The van der Waals surface area contributed by atoms with Crippen molar-refractivity contribution in [2.24, 2.45) is 0 Å². The molecule has 0 aliphatic carbocycles. The molecule has 1 aromatic heterocycles. The van der Waals surface area contributed by atoms with Gasteiger partial charge in [0.1, 0.15) is 17.9 Å². The summed E-state index contributed by atoms with van der Waals surface area (Å²) in [4.78, 5) is 31.3. The highest BCUT2D eigenvalue weighted by atomic mass is 19.4. The number of carbonyl (C=O) groups excluding carboxylic acids is 1. The van der Waals surface area contributed by atoms with Crippen LogP contribution in [-0.2, 0) is 17.5 Å². The second-order valence-electron chi connectivity index (χ2n) is 10.6. The smallest absolute Gasteiger partial charge is 0.490 e. The molecular formula is C29H33F6N7O5. The van der Waals surface area contributed by atoms with Gasteiger partial charge < -0.3 is 35.6 Å². The van der Waals surface area contributed by atoms with E-state index in [0.717, 1.165) is 6.07 Å². The zero-order chi connectivity index (χ0) is 35.0. The average Bonchev–Trinajstić information content (AvgIpc) is 2.99. The van der Waals surface area contributed by atoms with Gasteiger partial charge in [-0.25, -0.2) is 19.6 Å². The van der Waals surface area contributed by atoms with E-state index in [0.29, 0.717) is 49.3 Å². The standard InChI is InChI=1S/C27H32F3N7O3.C2HF3O2/c1-18(2)37(39)12-10-36(11-13-37)16-19-4-5-21(14-23(19)27(28,29)30)35-26(38)34-20-6-8-22(9-7-20)40-25-15-24(31-3)32-17-33-25;3-2(4,5)1(6)7/h4-9,14-15,17-18H,10-13,16H2,1-3H3,(H,31,32,33)(H2,34,35,38);(H,6,7). The van der Waals surface area contributed by atoms with E-state index >= 15 is 0 Å². The second-order valence-corrected chi connectivity index (χ2v) is 10.6. The number of rotatable bonds is 8. The molecule has 2 amide bonds. The molecule has 0 radical (unpaired) electrons. The number of nitrogens with one attached hydrogen (secondary N) is 3. The SMILES string of the molecule is CNc1cc(Oc2ccc(NC(=O)Nc3ccc(CN4CC[N+]([O-])(C(C)C)CC4)c(C(F)(F)F)c3)cc2)ncn1.O=C(O)C(F)(F)F. The van der Waals surface area contributed by atoms with Crippen molar-refractivity contribution in [3.63, 3.8) is 0 Å². The molecule has 47 heavy (non-hydrogen) atoms. The van der Waals surface area contributed by atoms with Crippen LogP contribution in [0, 0.1) is 5.21 Å². The minimum Gasteiger partial charge on any atom is -0.633 e. The molecule has 3 aromatic rings. The van der Waals surface area contributed by atoms with Crippen molar-refractivity contribution in [1.29, 1.82) is 0 Å². The summed E-state index contributed by atoms with van der Waals surface area (Å²) in [6, 6.07) is 11.0. The maximum Gasteiger partial charge on any atom is 0.490 e. The largest absolute Gasteiger partial charge is 0.633 e. The van der Waals surface area contributed by atoms with Crippen LogP contribution in [-0.4, -0.2) is 82.1 Å². The summed E-state index contributed by atoms with van der Waals surface area (Å²) >= 11 is 0. The Bertz CT molecular complexity index is 1510. The van der Waals surface area contributed by atoms with Gasteiger partial charge in [-0.2, -0.15) is 26.3 Å². The molecule has 18 heteroatoms. The molecule has 256 valence electrons. The van der Waals surface area contributed by atoms with E-state index < -0.39 is 29.9 Å². The lowest BCUT2D eigenvalue weighted by Gasteiger charge is -2.51. The molecule has 1 saturated heterocycles. The number of benzene rings is 2. The van der Waals surface area contributed by atoms with E-state index in [-0.39, 0.29) is 28.5 Å². The zero-order valence-corrected chi connectivity index (χ0v) is 25.4. The lowest BCUT2D eigenvalue weighted by atomic mass is 10.0. The molecule has 0 spiro atoms. The number of alkyl halides is 6. The summed E-state index contributed by atoms with van der Waals surface area (Å²) in [5, 5.41) is 27.8. The van der Waals surface area contributed by atoms with Crippen LogP contribution in [0.5, 0.6) is 11.6 Å². The van der Waals surface area contributed by atoms with E-state index in [9.17, 15) is 36.3 Å². The van der Waals surface area contributed by atoms with Crippen LogP contribution >= 0.6 is 0 Å². The number of quaternary nitrogens is 1. The minimum absolute atomic E-state index is 0.00585. The van der Waals surface area contributed by atoms with Crippen LogP contribution in [0.25, 0.3) is 0 Å². The van der Waals surface area contributed by atoms with Crippen LogP contribution in [0.1, 0.15) is 25.0 Å². The van der Waals surface area contributed by atoms with Crippen molar-refractivity contribution in [3.8, 4) is 11.6 Å². The Morgan fingerprint density at radius 1 is 0.979 bits per heavy atom. The highest BCUT2D eigenvalue weighted by molar-refractivity contribution is 5.99. The zero-order valence-electron chi connectivity index (χ0n) is 25.4. The van der Waals surface area contributed by atoms with Crippen molar-refractivity contribution in [2.45, 2.75) is 38.8 Å². The molecule has 1 fully saturated rings. The number of piperazine rings is 1. The third-order valence-corrected chi connectivity index (χ3v) is 7.07. The first-order valence-corrected chi connectivity index (χ1v) is 14.1. The first-order chi connectivity index (χ1) is 21.9. The quantitative estimate of drug-likeness (QED) is 0.125. The number of ether oxygens (including phenoxy) is 1. The Labute approximate surface area is 265 Å². The fourth-order valence-electron chi connectivity index (χ4n) is 4.37. The monoisotopic (exact) mass is 673 g/mol. The summed E-state index contributed by atoms with van der Waals surface area (Å²) in [6.45, 7) is 5.30. The van der Waals surface area contributed by atoms with E-state index in [1.165, 1.54) is 18.5 Å². The van der Waals surface area contributed by atoms with Gasteiger partial charge >= 0.3 is 24.4 Å². The average molecular weight is 674 g/mol. The third-order valence-electron chi connectivity index (χ3n) is 7.07. The van der Waals surface area contributed by atoms with Gasteiger partial charge in [-0.15, -0.1) is 0 Å². The van der Waals surface area contributed by atoms with Gasteiger partial charge in [0.2, 0.25) is 5.88 Å². The van der Waals surface area contributed by atoms with Gasteiger partial charge in [-0.05, 0) is 55.8 Å². The number of hydrogen-bond donors (Lipinski definition) is 4. The Morgan fingerprint density at radius 2 is 1.55 bits per heavy atom. The molecule has 2 aromatic carbocycles. The number of hydroxylamine groups is 3. The van der Waals surface area contributed by atoms with E-state index in [2.05, 4.69) is 25.9 Å². The topological polar surface area (TPSA) is 152 Å². The summed E-state index contributed by atoms with van der Waals surface area (Å²) < 4.78 is 78.8. The number of carboxylic acids is 1. The first-order valence-electron chi connectivity index (χ1n) is 14.1. The van der Waals surface area contributed by atoms with Crippen LogP contribution in [0.2, 0.25) is 0 Å². The van der Waals surface area contributed by atoms with Crippen molar-refractivity contribution < 1.29 is 50.4 Å². The fourth-order valence-corrected chi connectivity index (χ4v) is 4.37. The highest BCUT2D eigenvalue weighted by Gasteiger charge is 2.38. The van der Waals surface area contributed by atoms with Crippen molar-refractivity contribution in [1.82, 2.24) is 14.9 Å². The summed E-state index contributed by atoms with van der Waals surface area (Å²) in [7, 11) is 1.72. The normalized spacial score (nSPS) is 14.9. The predicted molar refractivity (Wildman–Crippen MR) is 160 cm³/mol. The minimum atomic E-state index is -5.08. The number of aromatic nitrogens is 2. The van der Waals surface area contributed by atoms with Gasteiger partial charge in [-0.3, -0.25) is 4.90 Å². The number of aliphatic carboxylic acids is 1. The Hall–Kier alpha value is -4.68. The van der Waals surface area contributed by atoms with Crippen LogP contribution in [0.3, 0.4) is 0 Å². The molecule has 0 saturated carbocycles. The molecule has 4 rings (SSSR count). The Kier molecular flexibility index (Phi) is 12.0. The molecule has 0 unspecified atom stereocenters. The van der Waals surface area contributed by atoms with Gasteiger partial charge in [0.25, 0.3) is 0 Å². The predicted octanol–water partition coefficient (Wildman–Crippen LogP) is 6.15. The lowest BCUT2D eigenvalue weighted by Crippen LogP contribution is -2.59. The molecule has 1 aliphatic heterocycles. The van der Waals surface area contributed by atoms with Gasteiger partial charge in [-0.1, -0.05) is 6.07 Å². The summed E-state index contributed by atoms with van der Waals surface area (Å²) in [6.07, 6.45) is -8.33. The number of carbonyl (C=O) groups is 2. The fraction of sp³-hybridized carbons (Fsp3) is 0.379. The maximum absolute atomic E-state index is 13.9. The van der Waals surface area contributed by atoms with Crippen molar-refractivity contribution in [2.75, 3.05) is 49.2 Å². The van der Waals surface area contributed by atoms with Gasteiger partial charge in [0.15, 0.2) is 0 Å². The van der Waals surface area contributed by atoms with Crippen LogP contribution in [0.4, 0.5) is 48.3 Å². The van der Waals surface area contributed by atoms with E-state index in [1.54, 1.807) is 37.4 Å². The number of amides is 2. The lowest BCUT2D eigenvalue weighted by molar-refractivity contribution is -0.905. The number of hydrogen-bond acceptors (Lipinski definition) is 8. The summed E-state index contributed by atoms with van der Waals surface area (Å²) in [5.41, 5.74) is -0.313. The molecule has 0 atom stereocenters. The molecule has 0 bridgehead atoms. The number of carboxylic acid groups (broad SMARTS) is 1. The Balaban J connectivity index is 0.000000771. The van der Waals surface area contributed by atoms with E-state index in [1.807, 2.05) is 18.7 Å². The first kappa shape index (κ1) is 36.8. The van der Waals surface area contributed by atoms with Gasteiger partial charge in [0.05, 0.1) is 24.7 Å². The van der Waals surface area contributed by atoms with Crippen LogP contribution < -0.4 is 20.7 Å². The number of anilines is 3. The van der Waals surface area contributed by atoms with E-state index in [4.69, 9.17) is 14.6 Å². The summed E-state index contributed by atoms with van der Waals surface area (Å²) in [5.74, 6) is -1.37. The highest BCUT2D eigenvalue weighted by Crippen LogP contribution is 2.35. The van der Waals surface area contributed by atoms with Gasteiger partial charge in [0, 0.05) is 44.1 Å². The molecule has 1 aliphatic rings. The molecular weight excluding hydrogens is 640 g/mol. The third kappa shape index (κ3) is 11.0. The Morgan fingerprint density at radius 3 is 2.09 bits per heavy atom. The molecule has 4 N–H and O–H groups in total. The second kappa shape index (κ2) is 15.3. The maximum atomic E-state index is 13.9. The molecule has 12 nitrogen and oxygen atoms in total. The van der Waals surface area contributed by atoms with Crippen molar-refractivity contribution >= 4 is 29.2 Å². The number of urea groups is 1. The van der Waals surface area contributed by atoms with Crippen LogP contribution in [0.15, 0.2) is 54.9 Å². The number of nitrogens with zero attached hydrogens (tertiary/aromatic N) is 4. The number of halogens is 6. The van der Waals surface area contributed by atoms with Crippen molar-refractivity contribution in [3.05, 3.63) is 71.2 Å².